The summed E-state index contributed by atoms with van der Waals surface area (Å²) in [6.07, 6.45) is 6.16. The molecular formula is C13H19NO3. The van der Waals surface area contributed by atoms with Crippen LogP contribution in [-0.2, 0) is 9.53 Å². The molecule has 0 aromatic heterocycles. The lowest BCUT2D eigenvalue weighted by Gasteiger charge is -2.27. The van der Waals surface area contributed by atoms with E-state index < -0.39 is 5.97 Å². The molecule has 2 rings (SSSR count). The Balaban J connectivity index is 1.69. The van der Waals surface area contributed by atoms with E-state index in [2.05, 4.69) is 6.07 Å². The number of carbonyl (C=O) groups is 1. The maximum absolute atomic E-state index is 10.8. The van der Waals surface area contributed by atoms with Crippen LogP contribution >= 0.6 is 0 Å². The number of nitriles is 1. The van der Waals surface area contributed by atoms with Crippen LogP contribution in [0.15, 0.2) is 0 Å². The van der Waals surface area contributed by atoms with E-state index in [-0.39, 0.29) is 17.4 Å². The normalized spacial score (nSPS) is 30.5. The van der Waals surface area contributed by atoms with Gasteiger partial charge in [-0.25, -0.2) is 0 Å². The third-order valence-electron chi connectivity index (χ3n) is 4.06. The Morgan fingerprint density at radius 1 is 1.35 bits per heavy atom. The summed E-state index contributed by atoms with van der Waals surface area (Å²) in [7, 11) is 0. The van der Waals surface area contributed by atoms with E-state index in [0.717, 1.165) is 38.5 Å². The highest BCUT2D eigenvalue weighted by molar-refractivity contribution is 5.70. The van der Waals surface area contributed by atoms with Crippen molar-refractivity contribution >= 4 is 5.97 Å². The van der Waals surface area contributed by atoms with E-state index in [9.17, 15) is 4.79 Å². The summed E-state index contributed by atoms with van der Waals surface area (Å²) in [5.41, 5.74) is 0.137. The molecule has 0 atom stereocenters. The molecule has 1 N–H and O–H groups in total. The largest absolute Gasteiger partial charge is 0.481 e. The second-order valence-electron chi connectivity index (χ2n) is 5.46. The molecule has 4 nitrogen and oxygen atoms in total. The van der Waals surface area contributed by atoms with Crippen molar-refractivity contribution in [3.05, 3.63) is 0 Å². The summed E-state index contributed by atoms with van der Waals surface area (Å²) < 4.78 is 5.85. The van der Waals surface area contributed by atoms with E-state index in [0.29, 0.717) is 13.0 Å². The van der Waals surface area contributed by atoms with Crippen LogP contribution in [0.3, 0.4) is 0 Å². The Morgan fingerprint density at radius 3 is 2.47 bits per heavy atom. The quantitative estimate of drug-likeness (QED) is 0.796. The minimum atomic E-state index is -0.674. The lowest BCUT2D eigenvalue weighted by molar-refractivity contribution is -0.144. The highest BCUT2D eigenvalue weighted by Crippen LogP contribution is 2.49. The van der Waals surface area contributed by atoms with Gasteiger partial charge in [0.2, 0.25) is 0 Å². The fourth-order valence-electron chi connectivity index (χ4n) is 2.49. The Bertz CT molecular complexity index is 322. The van der Waals surface area contributed by atoms with Crippen LogP contribution in [0.4, 0.5) is 0 Å². The van der Waals surface area contributed by atoms with E-state index in [1.807, 2.05) is 0 Å². The van der Waals surface area contributed by atoms with E-state index in [1.165, 1.54) is 0 Å². The SMILES string of the molecule is N#CCC1(COC2CCC(C(=O)O)CC2)CC1. The molecule has 2 fully saturated rings. The zero-order valence-electron chi connectivity index (χ0n) is 10.0. The van der Waals surface area contributed by atoms with Gasteiger partial charge in [0.15, 0.2) is 0 Å². The number of carboxylic acid groups (broad SMARTS) is 1. The number of carboxylic acids is 1. The Morgan fingerprint density at radius 2 is 2.00 bits per heavy atom. The van der Waals surface area contributed by atoms with Gasteiger partial charge in [-0.05, 0) is 38.5 Å². The number of rotatable bonds is 5. The van der Waals surface area contributed by atoms with Crippen LogP contribution in [-0.4, -0.2) is 23.8 Å². The van der Waals surface area contributed by atoms with Gasteiger partial charge in [-0.15, -0.1) is 0 Å². The van der Waals surface area contributed by atoms with Crippen molar-refractivity contribution in [2.24, 2.45) is 11.3 Å². The first kappa shape index (κ1) is 12.4. The molecule has 0 spiro atoms. The van der Waals surface area contributed by atoms with E-state index in [1.54, 1.807) is 0 Å². The first-order chi connectivity index (χ1) is 8.15. The van der Waals surface area contributed by atoms with E-state index in [4.69, 9.17) is 15.1 Å². The van der Waals surface area contributed by atoms with Crippen LogP contribution in [0.5, 0.6) is 0 Å². The van der Waals surface area contributed by atoms with Crippen molar-refractivity contribution in [3.63, 3.8) is 0 Å². The van der Waals surface area contributed by atoms with Crippen molar-refractivity contribution in [1.82, 2.24) is 0 Å². The van der Waals surface area contributed by atoms with Crippen molar-refractivity contribution in [3.8, 4) is 6.07 Å². The van der Waals surface area contributed by atoms with Crippen LogP contribution in [0.1, 0.15) is 44.9 Å². The van der Waals surface area contributed by atoms with Gasteiger partial charge >= 0.3 is 5.97 Å². The van der Waals surface area contributed by atoms with Gasteiger partial charge in [-0.2, -0.15) is 5.26 Å². The molecule has 0 aromatic rings. The molecule has 94 valence electrons. The fraction of sp³-hybridized carbons (Fsp3) is 0.846. The smallest absolute Gasteiger partial charge is 0.306 e. The second-order valence-corrected chi connectivity index (χ2v) is 5.46. The molecule has 0 aliphatic heterocycles. The van der Waals surface area contributed by atoms with Crippen LogP contribution in [0, 0.1) is 22.7 Å². The third-order valence-corrected chi connectivity index (χ3v) is 4.06. The molecule has 0 saturated heterocycles. The predicted octanol–water partition coefficient (Wildman–Crippen LogP) is 2.34. The summed E-state index contributed by atoms with van der Waals surface area (Å²) in [5.74, 6) is -0.851. The number of aliphatic carboxylic acids is 1. The molecule has 2 aliphatic carbocycles. The van der Waals surface area contributed by atoms with Gasteiger partial charge in [0.25, 0.3) is 0 Å². The monoisotopic (exact) mass is 237 g/mol. The standard InChI is InChI=1S/C13H19NO3/c14-8-7-13(5-6-13)9-17-11-3-1-10(2-4-11)12(15)16/h10-11H,1-7,9H2,(H,15,16). The number of ether oxygens (including phenoxy) is 1. The fourth-order valence-corrected chi connectivity index (χ4v) is 2.49. The molecule has 0 radical (unpaired) electrons. The predicted molar refractivity (Wildman–Crippen MR) is 61.2 cm³/mol. The second kappa shape index (κ2) is 5.05. The molecule has 0 bridgehead atoms. The molecule has 0 heterocycles. The first-order valence-electron chi connectivity index (χ1n) is 6.37. The summed E-state index contributed by atoms with van der Waals surface area (Å²) in [4.78, 5) is 10.8. The highest BCUT2D eigenvalue weighted by Gasteiger charge is 2.43. The van der Waals surface area contributed by atoms with Crippen LogP contribution in [0.25, 0.3) is 0 Å². The lowest BCUT2D eigenvalue weighted by Crippen LogP contribution is -2.27. The van der Waals surface area contributed by atoms with Gasteiger partial charge in [-0.3, -0.25) is 4.79 Å². The van der Waals surface area contributed by atoms with Gasteiger partial charge < -0.3 is 9.84 Å². The zero-order chi connectivity index (χ0) is 12.3. The maximum atomic E-state index is 10.8. The summed E-state index contributed by atoms with van der Waals surface area (Å²) in [6.45, 7) is 0.683. The molecule has 0 amide bonds. The Labute approximate surface area is 102 Å². The van der Waals surface area contributed by atoms with Crippen LogP contribution < -0.4 is 0 Å². The molecule has 0 unspecified atom stereocenters. The zero-order valence-corrected chi connectivity index (χ0v) is 10.0. The van der Waals surface area contributed by atoms with Gasteiger partial charge in [0.1, 0.15) is 0 Å². The minimum absolute atomic E-state index is 0.137. The minimum Gasteiger partial charge on any atom is -0.481 e. The van der Waals surface area contributed by atoms with Crippen molar-refractivity contribution in [1.29, 1.82) is 5.26 Å². The molecular weight excluding hydrogens is 218 g/mol. The van der Waals surface area contributed by atoms with Gasteiger partial charge in [-0.1, -0.05) is 0 Å². The van der Waals surface area contributed by atoms with Crippen LogP contribution in [0.2, 0.25) is 0 Å². The topological polar surface area (TPSA) is 70.3 Å². The van der Waals surface area contributed by atoms with Gasteiger partial charge in [0, 0.05) is 11.8 Å². The Hall–Kier alpha value is -1.08. The average Bonchev–Trinajstić information content (AvgIpc) is 3.08. The average molecular weight is 237 g/mol. The van der Waals surface area contributed by atoms with E-state index >= 15 is 0 Å². The van der Waals surface area contributed by atoms with Crippen molar-refractivity contribution in [2.45, 2.75) is 51.0 Å². The molecule has 17 heavy (non-hydrogen) atoms. The number of nitrogens with zero attached hydrogens (tertiary/aromatic N) is 1. The molecule has 4 heteroatoms. The number of hydrogen-bond donors (Lipinski definition) is 1. The molecule has 2 saturated carbocycles. The van der Waals surface area contributed by atoms with Crippen molar-refractivity contribution < 1.29 is 14.6 Å². The maximum Gasteiger partial charge on any atom is 0.306 e. The third kappa shape index (κ3) is 3.19. The highest BCUT2D eigenvalue weighted by atomic mass is 16.5. The Kier molecular flexibility index (Phi) is 3.68. The molecule has 2 aliphatic rings. The van der Waals surface area contributed by atoms with Crippen molar-refractivity contribution in [2.75, 3.05) is 6.61 Å². The van der Waals surface area contributed by atoms with Gasteiger partial charge in [0.05, 0.1) is 24.7 Å². The summed E-state index contributed by atoms with van der Waals surface area (Å²) in [6, 6.07) is 2.22. The first-order valence-corrected chi connectivity index (χ1v) is 6.37. The summed E-state index contributed by atoms with van der Waals surface area (Å²) in [5, 5.41) is 17.6. The lowest BCUT2D eigenvalue weighted by atomic mass is 9.87. The molecule has 0 aromatic carbocycles. The number of hydrogen-bond acceptors (Lipinski definition) is 3. The summed E-state index contributed by atoms with van der Waals surface area (Å²) >= 11 is 0.